The van der Waals surface area contributed by atoms with Crippen molar-refractivity contribution in [2.24, 2.45) is 11.8 Å². The summed E-state index contributed by atoms with van der Waals surface area (Å²) in [5.74, 6) is 0.882. The van der Waals surface area contributed by atoms with Crippen molar-refractivity contribution < 1.29 is 14.6 Å². The van der Waals surface area contributed by atoms with Gasteiger partial charge in [-0.15, -0.1) is 0 Å². The molecule has 1 unspecified atom stereocenters. The summed E-state index contributed by atoms with van der Waals surface area (Å²) in [5, 5.41) is 10.5. The summed E-state index contributed by atoms with van der Waals surface area (Å²) in [4.78, 5) is 14.2. The van der Waals surface area contributed by atoms with Crippen LogP contribution in [-0.2, 0) is 4.74 Å². The van der Waals surface area contributed by atoms with Crippen molar-refractivity contribution in [2.75, 3.05) is 13.1 Å². The van der Waals surface area contributed by atoms with Crippen molar-refractivity contribution >= 4 is 6.09 Å². The molecule has 1 saturated heterocycles. The van der Waals surface area contributed by atoms with Gasteiger partial charge in [0.05, 0.1) is 6.10 Å². The highest BCUT2D eigenvalue weighted by atomic mass is 16.6. The third kappa shape index (κ3) is 3.52. The molecule has 4 atom stereocenters. The molecule has 2 fully saturated rings. The van der Waals surface area contributed by atoms with Crippen LogP contribution in [0.15, 0.2) is 30.3 Å². The van der Waals surface area contributed by atoms with E-state index in [4.69, 9.17) is 4.74 Å². The number of hydrogen-bond acceptors (Lipinski definition) is 3. The van der Waals surface area contributed by atoms with Crippen LogP contribution in [0, 0.1) is 11.8 Å². The second-order valence-corrected chi connectivity index (χ2v) is 7.89. The number of carbonyl (C=O) groups is 1. The first-order valence-electron chi connectivity index (χ1n) is 8.56. The van der Waals surface area contributed by atoms with Crippen LogP contribution in [0.4, 0.5) is 4.79 Å². The number of likely N-dealkylation sites (tertiary alicyclic amines) is 1. The second kappa shape index (κ2) is 6.16. The van der Waals surface area contributed by atoms with E-state index in [1.807, 2.05) is 43.9 Å². The van der Waals surface area contributed by atoms with E-state index in [1.165, 1.54) is 5.56 Å². The quantitative estimate of drug-likeness (QED) is 0.863. The van der Waals surface area contributed by atoms with E-state index < -0.39 is 5.60 Å². The average molecular weight is 317 g/mol. The number of carbonyl (C=O) groups excluding carboxylic acids is 1. The minimum atomic E-state index is -0.469. The van der Waals surface area contributed by atoms with E-state index in [2.05, 4.69) is 12.1 Å². The molecule has 1 aliphatic carbocycles. The lowest BCUT2D eigenvalue weighted by Crippen LogP contribution is -2.37. The van der Waals surface area contributed by atoms with E-state index in [0.29, 0.717) is 18.4 Å². The van der Waals surface area contributed by atoms with Gasteiger partial charge in [0.2, 0.25) is 0 Å². The summed E-state index contributed by atoms with van der Waals surface area (Å²) in [5.41, 5.74) is 0.712. The Hall–Kier alpha value is -1.55. The fourth-order valence-electron chi connectivity index (χ4n) is 4.08. The van der Waals surface area contributed by atoms with Crippen LogP contribution in [-0.4, -0.2) is 40.9 Å². The maximum Gasteiger partial charge on any atom is 0.410 e. The summed E-state index contributed by atoms with van der Waals surface area (Å²) >= 11 is 0. The normalized spacial score (nSPS) is 30.9. The van der Waals surface area contributed by atoms with E-state index in [9.17, 15) is 9.90 Å². The fraction of sp³-hybridized carbons (Fsp3) is 0.632. The second-order valence-electron chi connectivity index (χ2n) is 7.89. The molecule has 4 nitrogen and oxygen atoms in total. The molecule has 0 bridgehead atoms. The van der Waals surface area contributed by atoms with Crippen LogP contribution in [0.2, 0.25) is 0 Å². The maximum atomic E-state index is 12.4. The SMILES string of the molecule is CC(C)(C)OC(=O)N1CC2CC[C@H](O)[C@@H](c3ccccc3)[C@@H]2C1. The number of amides is 1. The molecule has 0 aromatic heterocycles. The molecule has 1 N–H and O–H groups in total. The Kier molecular flexibility index (Phi) is 4.37. The van der Waals surface area contributed by atoms with E-state index in [1.54, 1.807) is 0 Å². The third-order valence-electron chi connectivity index (χ3n) is 5.04. The molecule has 1 aromatic rings. The first-order chi connectivity index (χ1) is 10.8. The Morgan fingerprint density at radius 1 is 1.17 bits per heavy atom. The summed E-state index contributed by atoms with van der Waals surface area (Å²) in [7, 11) is 0. The first-order valence-corrected chi connectivity index (χ1v) is 8.56. The highest BCUT2D eigenvalue weighted by Crippen LogP contribution is 2.45. The minimum Gasteiger partial charge on any atom is -0.444 e. The molecular formula is C19H27NO3. The Morgan fingerprint density at radius 3 is 2.52 bits per heavy atom. The lowest BCUT2D eigenvalue weighted by molar-refractivity contribution is 0.0278. The topological polar surface area (TPSA) is 49.8 Å². The monoisotopic (exact) mass is 317 g/mol. The molecule has 126 valence electrons. The summed E-state index contributed by atoms with van der Waals surface area (Å²) in [6.07, 6.45) is 1.24. The van der Waals surface area contributed by atoms with Crippen LogP contribution in [0.25, 0.3) is 0 Å². The summed E-state index contributed by atoms with van der Waals surface area (Å²) < 4.78 is 5.52. The van der Waals surface area contributed by atoms with Gasteiger partial charge in [-0.3, -0.25) is 0 Å². The Labute approximate surface area is 138 Å². The van der Waals surface area contributed by atoms with Gasteiger partial charge in [-0.25, -0.2) is 4.79 Å². The zero-order chi connectivity index (χ0) is 16.6. The van der Waals surface area contributed by atoms with Gasteiger partial charge >= 0.3 is 6.09 Å². The zero-order valence-corrected chi connectivity index (χ0v) is 14.2. The highest BCUT2D eigenvalue weighted by Gasteiger charge is 2.46. The fourth-order valence-corrected chi connectivity index (χ4v) is 4.08. The Balaban J connectivity index is 1.77. The first kappa shape index (κ1) is 16.3. The molecule has 3 rings (SSSR count). The number of hydrogen-bond donors (Lipinski definition) is 1. The molecule has 1 aliphatic heterocycles. The third-order valence-corrected chi connectivity index (χ3v) is 5.04. The van der Waals surface area contributed by atoms with Gasteiger partial charge in [0, 0.05) is 19.0 Å². The molecule has 23 heavy (non-hydrogen) atoms. The average Bonchev–Trinajstić information content (AvgIpc) is 2.90. The number of ether oxygens (including phenoxy) is 1. The van der Waals surface area contributed by atoms with E-state index >= 15 is 0 Å². The van der Waals surface area contributed by atoms with Crippen LogP contribution in [0.1, 0.15) is 45.1 Å². The van der Waals surface area contributed by atoms with Gasteiger partial charge < -0.3 is 14.7 Å². The largest absolute Gasteiger partial charge is 0.444 e. The van der Waals surface area contributed by atoms with Gasteiger partial charge in [0.15, 0.2) is 0 Å². The van der Waals surface area contributed by atoms with Crippen LogP contribution < -0.4 is 0 Å². The standard InChI is InChI=1S/C19H27NO3/c1-19(2,3)23-18(22)20-11-14-9-10-16(21)17(15(14)12-20)13-7-5-4-6-8-13/h4-8,14-17,21H,9-12H2,1-3H3/t14?,15-,16+,17+/m1/s1. The number of fused-ring (bicyclic) bond motifs is 1. The van der Waals surface area contributed by atoms with Crippen LogP contribution >= 0.6 is 0 Å². The minimum absolute atomic E-state index is 0.113. The number of benzene rings is 1. The molecule has 1 amide bonds. The molecule has 1 heterocycles. The Bertz CT molecular complexity index is 551. The van der Waals surface area contributed by atoms with Crippen molar-refractivity contribution in [3.8, 4) is 0 Å². The van der Waals surface area contributed by atoms with Gasteiger partial charge in [-0.05, 0) is 51.0 Å². The van der Waals surface area contributed by atoms with Gasteiger partial charge in [0.25, 0.3) is 0 Å². The number of rotatable bonds is 1. The maximum absolute atomic E-state index is 12.4. The lowest BCUT2D eigenvalue weighted by atomic mass is 9.69. The predicted octanol–water partition coefficient (Wildman–Crippen LogP) is 3.41. The van der Waals surface area contributed by atoms with Gasteiger partial charge in [-0.1, -0.05) is 30.3 Å². The lowest BCUT2D eigenvalue weighted by Gasteiger charge is -2.37. The molecule has 2 aliphatic rings. The molecule has 4 heteroatoms. The number of aliphatic hydroxyl groups excluding tert-OH is 1. The van der Waals surface area contributed by atoms with Crippen molar-refractivity contribution in [2.45, 2.75) is 51.2 Å². The molecule has 0 radical (unpaired) electrons. The van der Waals surface area contributed by atoms with Crippen molar-refractivity contribution in [1.29, 1.82) is 0 Å². The number of aliphatic hydroxyl groups is 1. The van der Waals surface area contributed by atoms with E-state index in [-0.39, 0.29) is 18.1 Å². The summed E-state index contributed by atoms with van der Waals surface area (Å²) in [6.45, 7) is 7.10. The van der Waals surface area contributed by atoms with Crippen LogP contribution in [0.5, 0.6) is 0 Å². The predicted molar refractivity (Wildman–Crippen MR) is 89.2 cm³/mol. The smallest absolute Gasteiger partial charge is 0.410 e. The molecule has 1 aromatic carbocycles. The van der Waals surface area contributed by atoms with Crippen molar-refractivity contribution in [1.82, 2.24) is 4.90 Å². The molecule has 0 spiro atoms. The van der Waals surface area contributed by atoms with Crippen molar-refractivity contribution in [3.05, 3.63) is 35.9 Å². The van der Waals surface area contributed by atoms with E-state index in [0.717, 1.165) is 19.4 Å². The zero-order valence-electron chi connectivity index (χ0n) is 14.2. The van der Waals surface area contributed by atoms with Gasteiger partial charge in [-0.2, -0.15) is 0 Å². The number of nitrogens with zero attached hydrogens (tertiary/aromatic N) is 1. The molecule has 1 saturated carbocycles. The summed E-state index contributed by atoms with van der Waals surface area (Å²) in [6, 6.07) is 10.2. The van der Waals surface area contributed by atoms with Crippen LogP contribution in [0.3, 0.4) is 0 Å². The van der Waals surface area contributed by atoms with Crippen molar-refractivity contribution in [3.63, 3.8) is 0 Å². The Morgan fingerprint density at radius 2 is 1.87 bits per heavy atom. The van der Waals surface area contributed by atoms with Gasteiger partial charge in [0.1, 0.15) is 5.60 Å². The molecular weight excluding hydrogens is 290 g/mol. The highest BCUT2D eigenvalue weighted by molar-refractivity contribution is 5.68.